The fourth-order valence-electron chi connectivity index (χ4n) is 2.96. The van der Waals surface area contributed by atoms with E-state index in [4.69, 9.17) is 0 Å². The standard InChI is InChI=1S/C15H27N3/c1-2-14-4-6-15(7-5-14)12-16-8-3-10-18-11-9-17-13-18/h9,11,13-16H,2-8,10,12H2,1H3. The number of aromatic nitrogens is 2. The molecule has 3 heteroatoms. The molecule has 1 aliphatic rings. The summed E-state index contributed by atoms with van der Waals surface area (Å²) < 4.78 is 2.15. The molecule has 0 saturated heterocycles. The van der Waals surface area contributed by atoms with Gasteiger partial charge in [0.2, 0.25) is 0 Å². The minimum Gasteiger partial charge on any atom is -0.337 e. The van der Waals surface area contributed by atoms with Gasteiger partial charge in [0.05, 0.1) is 6.33 Å². The Morgan fingerprint density at radius 3 is 2.67 bits per heavy atom. The number of hydrogen-bond donors (Lipinski definition) is 1. The van der Waals surface area contributed by atoms with Gasteiger partial charge in [0.25, 0.3) is 0 Å². The Kier molecular flexibility index (Phi) is 5.72. The van der Waals surface area contributed by atoms with E-state index < -0.39 is 0 Å². The summed E-state index contributed by atoms with van der Waals surface area (Å²) >= 11 is 0. The summed E-state index contributed by atoms with van der Waals surface area (Å²) in [6, 6.07) is 0. The summed E-state index contributed by atoms with van der Waals surface area (Å²) in [6.07, 6.45) is 14.1. The predicted molar refractivity (Wildman–Crippen MR) is 75.5 cm³/mol. The van der Waals surface area contributed by atoms with Crippen molar-refractivity contribution in [1.29, 1.82) is 0 Å². The van der Waals surface area contributed by atoms with E-state index in [1.807, 2.05) is 18.7 Å². The average molecular weight is 249 g/mol. The van der Waals surface area contributed by atoms with Crippen molar-refractivity contribution in [3.05, 3.63) is 18.7 Å². The first-order chi connectivity index (χ1) is 8.88. The van der Waals surface area contributed by atoms with Gasteiger partial charge >= 0.3 is 0 Å². The maximum absolute atomic E-state index is 4.05. The second kappa shape index (κ2) is 7.57. The topological polar surface area (TPSA) is 29.9 Å². The molecule has 18 heavy (non-hydrogen) atoms. The van der Waals surface area contributed by atoms with Crippen LogP contribution in [0.3, 0.4) is 0 Å². The van der Waals surface area contributed by atoms with Crippen LogP contribution in [0.4, 0.5) is 0 Å². The summed E-state index contributed by atoms with van der Waals surface area (Å²) in [4.78, 5) is 4.05. The molecule has 1 fully saturated rings. The molecule has 0 spiro atoms. The van der Waals surface area contributed by atoms with Crippen molar-refractivity contribution in [1.82, 2.24) is 14.9 Å². The minimum absolute atomic E-state index is 0.932. The Labute approximate surface area is 111 Å². The van der Waals surface area contributed by atoms with Crippen LogP contribution >= 0.6 is 0 Å². The fraction of sp³-hybridized carbons (Fsp3) is 0.800. The van der Waals surface area contributed by atoms with Gasteiger partial charge < -0.3 is 9.88 Å². The van der Waals surface area contributed by atoms with E-state index in [2.05, 4.69) is 21.8 Å². The molecule has 3 nitrogen and oxygen atoms in total. The van der Waals surface area contributed by atoms with Crippen molar-refractivity contribution in [3.63, 3.8) is 0 Å². The Bertz CT molecular complexity index is 300. The van der Waals surface area contributed by atoms with E-state index in [0.717, 1.165) is 24.9 Å². The van der Waals surface area contributed by atoms with Gasteiger partial charge in [-0.25, -0.2) is 4.98 Å². The third kappa shape index (κ3) is 4.45. The van der Waals surface area contributed by atoms with Crippen LogP contribution in [-0.4, -0.2) is 22.6 Å². The van der Waals surface area contributed by atoms with Crippen LogP contribution in [0, 0.1) is 11.8 Å². The molecule has 0 amide bonds. The summed E-state index contributed by atoms with van der Waals surface area (Å²) in [5.41, 5.74) is 0. The summed E-state index contributed by atoms with van der Waals surface area (Å²) in [7, 11) is 0. The summed E-state index contributed by atoms with van der Waals surface area (Å²) in [5, 5.41) is 3.62. The van der Waals surface area contributed by atoms with Crippen molar-refractivity contribution in [2.24, 2.45) is 11.8 Å². The molecule has 1 saturated carbocycles. The molecule has 0 bridgehead atoms. The van der Waals surface area contributed by atoms with E-state index in [1.165, 1.54) is 45.1 Å². The SMILES string of the molecule is CCC1CCC(CNCCCn2ccnc2)CC1. The van der Waals surface area contributed by atoms with Crippen LogP contribution < -0.4 is 5.32 Å². The van der Waals surface area contributed by atoms with Crippen molar-refractivity contribution in [2.75, 3.05) is 13.1 Å². The third-order valence-electron chi connectivity index (χ3n) is 4.31. The fourth-order valence-corrected chi connectivity index (χ4v) is 2.96. The van der Waals surface area contributed by atoms with Crippen molar-refractivity contribution in [3.8, 4) is 0 Å². The number of hydrogen-bond acceptors (Lipinski definition) is 2. The predicted octanol–water partition coefficient (Wildman–Crippen LogP) is 3.08. The molecule has 1 heterocycles. The maximum Gasteiger partial charge on any atom is 0.0945 e. The largest absolute Gasteiger partial charge is 0.337 e. The zero-order valence-corrected chi connectivity index (χ0v) is 11.6. The van der Waals surface area contributed by atoms with Crippen molar-refractivity contribution in [2.45, 2.75) is 52.0 Å². The zero-order valence-electron chi connectivity index (χ0n) is 11.6. The van der Waals surface area contributed by atoms with Gasteiger partial charge in [0, 0.05) is 18.9 Å². The van der Waals surface area contributed by atoms with Crippen LogP contribution in [0.5, 0.6) is 0 Å². The molecule has 0 aliphatic heterocycles. The lowest BCUT2D eigenvalue weighted by Crippen LogP contribution is -2.27. The number of rotatable bonds is 7. The highest BCUT2D eigenvalue weighted by atomic mass is 15.0. The maximum atomic E-state index is 4.05. The quantitative estimate of drug-likeness (QED) is 0.753. The van der Waals surface area contributed by atoms with E-state index in [0.29, 0.717) is 0 Å². The number of nitrogens with zero attached hydrogens (tertiary/aromatic N) is 2. The second-order valence-electron chi connectivity index (χ2n) is 5.65. The highest BCUT2D eigenvalue weighted by Crippen LogP contribution is 2.29. The normalized spacial score (nSPS) is 24.3. The monoisotopic (exact) mass is 249 g/mol. The molecule has 102 valence electrons. The molecular formula is C15H27N3. The molecule has 2 rings (SSSR count). The molecule has 1 aromatic rings. The first-order valence-corrected chi connectivity index (χ1v) is 7.55. The average Bonchev–Trinajstić information content (AvgIpc) is 2.92. The lowest BCUT2D eigenvalue weighted by Gasteiger charge is -2.27. The highest BCUT2D eigenvalue weighted by Gasteiger charge is 2.19. The molecular weight excluding hydrogens is 222 g/mol. The van der Waals surface area contributed by atoms with Gasteiger partial charge in [-0.2, -0.15) is 0 Å². The van der Waals surface area contributed by atoms with Crippen LogP contribution in [0.1, 0.15) is 45.4 Å². The molecule has 0 atom stereocenters. The second-order valence-corrected chi connectivity index (χ2v) is 5.65. The van der Waals surface area contributed by atoms with Crippen molar-refractivity contribution >= 4 is 0 Å². The molecule has 1 N–H and O–H groups in total. The van der Waals surface area contributed by atoms with Gasteiger partial charge in [-0.15, -0.1) is 0 Å². The van der Waals surface area contributed by atoms with E-state index in [9.17, 15) is 0 Å². The molecule has 1 aliphatic carbocycles. The van der Waals surface area contributed by atoms with Crippen LogP contribution in [-0.2, 0) is 6.54 Å². The highest BCUT2D eigenvalue weighted by molar-refractivity contribution is 4.75. The smallest absolute Gasteiger partial charge is 0.0945 e. The van der Waals surface area contributed by atoms with Gasteiger partial charge in [-0.1, -0.05) is 26.2 Å². The van der Waals surface area contributed by atoms with Crippen LogP contribution in [0.25, 0.3) is 0 Å². The van der Waals surface area contributed by atoms with Crippen LogP contribution in [0.2, 0.25) is 0 Å². The number of aryl methyl sites for hydroxylation is 1. The molecule has 0 radical (unpaired) electrons. The van der Waals surface area contributed by atoms with E-state index >= 15 is 0 Å². The summed E-state index contributed by atoms with van der Waals surface area (Å²) in [6.45, 7) is 5.77. The zero-order chi connectivity index (χ0) is 12.6. The Balaban J connectivity index is 1.48. The summed E-state index contributed by atoms with van der Waals surface area (Å²) in [5.74, 6) is 1.95. The Hall–Kier alpha value is -0.830. The van der Waals surface area contributed by atoms with Gasteiger partial charge in [-0.3, -0.25) is 0 Å². The first kappa shape index (κ1) is 13.6. The lowest BCUT2D eigenvalue weighted by molar-refractivity contribution is 0.262. The number of imidazole rings is 1. The van der Waals surface area contributed by atoms with E-state index in [-0.39, 0.29) is 0 Å². The third-order valence-corrected chi connectivity index (χ3v) is 4.31. The minimum atomic E-state index is 0.932. The first-order valence-electron chi connectivity index (χ1n) is 7.55. The Morgan fingerprint density at radius 1 is 1.22 bits per heavy atom. The number of nitrogens with one attached hydrogen (secondary N) is 1. The van der Waals surface area contributed by atoms with Gasteiger partial charge in [-0.05, 0) is 44.2 Å². The molecule has 0 unspecified atom stereocenters. The lowest BCUT2D eigenvalue weighted by atomic mass is 9.81. The Morgan fingerprint density at radius 2 is 2.00 bits per heavy atom. The molecule has 0 aromatic carbocycles. The van der Waals surface area contributed by atoms with Gasteiger partial charge in [0.1, 0.15) is 0 Å². The van der Waals surface area contributed by atoms with Crippen LogP contribution in [0.15, 0.2) is 18.7 Å². The molecule has 1 aromatic heterocycles. The van der Waals surface area contributed by atoms with E-state index in [1.54, 1.807) is 0 Å². The van der Waals surface area contributed by atoms with Gasteiger partial charge in [0.15, 0.2) is 0 Å². The van der Waals surface area contributed by atoms with Crippen molar-refractivity contribution < 1.29 is 0 Å².